The van der Waals surface area contributed by atoms with Crippen LogP contribution in [0.3, 0.4) is 0 Å². The first-order valence-electron chi connectivity index (χ1n) is 4.46. The zero-order valence-corrected chi connectivity index (χ0v) is 7.34. The second-order valence-corrected chi connectivity index (χ2v) is 4.46. The van der Waals surface area contributed by atoms with Crippen molar-refractivity contribution in [2.45, 2.75) is 37.8 Å². The Morgan fingerprint density at radius 1 is 1.18 bits per heavy atom. The number of carbonyl (C=O) groups excluding carboxylic acids is 1. The summed E-state index contributed by atoms with van der Waals surface area (Å²) in [5.41, 5.74) is 0. The lowest BCUT2D eigenvalue weighted by Crippen LogP contribution is -2.54. The van der Waals surface area contributed by atoms with Gasteiger partial charge in [-0.15, -0.1) is 0 Å². The van der Waals surface area contributed by atoms with Crippen LogP contribution in [0.5, 0.6) is 0 Å². The molecule has 0 aromatic heterocycles. The average molecular weight is 154 g/mol. The fourth-order valence-electron chi connectivity index (χ4n) is 2.63. The molecule has 2 fully saturated rings. The number of carbonyl (C=O) groups is 1. The van der Waals surface area contributed by atoms with Crippen molar-refractivity contribution in [1.82, 2.24) is 0 Å². The van der Waals surface area contributed by atoms with Crippen molar-refractivity contribution in [3.8, 4) is 0 Å². The molecule has 0 radical (unpaired) electrons. The normalized spacial score (nSPS) is 41.1. The quantitative estimate of drug-likeness (QED) is 0.475. The zero-order chi connectivity index (χ0) is 8.06. The first kappa shape index (κ1) is 7.29. The molecule has 11 heavy (non-hydrogen) atoms. The van der Waals surface area contributed by atoms with Crippen molar-refractivity contribution in [3.63, 3.8) is 0 Å². The van der Waals surface area contributed by atoms with Crippen molar-refractivity contribution in [3.05, 3.63) is 0 Å². The third-order valence-electron chi connectivity index (χ3n) is 3.64. The fourth-order valence-corrected chi connectivity index (χ4v) is 2.63. The molecule has 2 heterocycles. The topological polar surface area (TPSA) is 17.1 Å². The van der Waals surface area contributed by atoms with E-state index in [9.17, 15) is 4.79 Å². The van der Waals surface area contributed by atoms with Gasteiger partial charge in [0.25, 0.3) is 0 Å². The largest absolute Gasteiger partial charge is 0.323 e. The molecule has 2 saturated heterocycles. The Morgan fingerprint density at radius 3 is 2.09 bits per heavy atom. The monoisotopic (exact) mass is 154 g/mol. The van der Waals surface area contributed by atoms with E-state index in [0.29, 0.717) is 17.9 Å². The molecule has 2 heteroatoms. The zero-order valence-electron chi connectivity index (χ0n) is 7.34. The molecule has 2 bridgehead atoms. The molecule has 0 amide bonds. The van der Waals surface area contributed by atoms with Gasteiger partial charge in [0.15, 0.2) is 0 Å². The summed E-state index contributed by atoms with van der Waals surface area (Å²) in [5.74, 6) is 0.495. The maximum absolute atomic E-state index is 11.2. The number of nitrogens with zero attached hydrogens (tertiary/aromatic N) is 1. The van der Waals surface area contributed by atoms with Gasteiger partial charge in [-0.1, -0.05) is 0 Å². The van der Waals surface area contributed by atoms with Gasteiger partial charge < -0.3 is 4.48 Å². The highest BCUT2D eigenvalue weighted by Crippen LogP contribution is 2.37. The van der Waals surface area contributed by atoms with E-state index < -0.39 is 0 Å². The second kappa shape index (κ2) is 2.07. The number of rotatable bonds is 0. The summed E-state index contributed by atoms with van der Waals surface area (Å²) in [6, 6.07) is 1.28. The van der Waals surface area contributed by atoms with Crippen LogP contribution in [0.25, 0.3) is 0 Å². The van der Waals surface area contributed by atoms with Gasteiger partial charge in [0.1, 0.15) is 5.78 Å². The molecule has 0 aromatic carbocycles. The number of Topliss-reactive ketones (excluding diaryl/α,β-unsaturated/α-hetero) is 1. The molecule has 2 rings (SSSR count). The van der Waals surface area contributed by atoms with Gasteiger partial charge in [0.05, 0.1) is 39.0 Å². The molecule has 2 aliphatic heterocycles. The highest BCUT2D eigenvalue weighted by Gasteiger charge is 2.48. The molecule has 0 aliphatic carbocycles. The Hall–Kier alpha value is -0.370. The Labute approximate surface area is 67.8 Å². The van der Waals surface area contributed by atoms with Crippen LogP contribution in [0.1, 0.15) is 25.7 Å². The molecule has 0 N–H and O–H groups in total. The van der Waals surface area contributed by atoms with Crippen LogP contribution in [0, 0.1) is 0 Å². The van der Waals surface area contributed by atoms with Gasteiger partial charge in [-0.25, -0.2) is 0 Å². The van der Waals surface area contributed by atoms with Gasteiger partial charge in [-0.3, -0.25) is 4.79 Å². The summed E-state index contributed by atoms with van der Waals surface area (Å²) in [5, 5.41) is 0. The molecule has 2 aliphatic rings. The number of fused-ring (bicyclic) bond motifs is 2. The van der Waals surface area contributed by atoms with Crippen LogP contribution in [-0.4, -0.2) is 36.4 Å². The van der Waals surface area contributed by atoms with Crippen LogP contribution in [0.4, 0.5) is 0 Å². The minimum absolute atomic E-state index is 0.495. The number of piperidine rings is 1. The maximum atomic E-state index is 11.2. The van der Waals surface area contributed by atoms with Crippen LogP contribution in [0.15, 0.2) is 0 Å². The molecule has 62 valence electrons. The van der Waals surface area contributed by atoms with E-state index in [1.54, 1.807) is 0 Å². The SMILES string of the molecule is C[N+]1(C)[C@@H]2CC[C@H]1CC(=O)C2. The number of ketones is 1. The fraction of sp³-hybridized carbons (Fsp3) is 0.889. The van der Waals surface area contributed by atoms with Crippen LogP contribution >= 0.6 is 0 Å². The summed E-state index contributed by atoms with van der Waals surface area (Å²) in [6.07, 6.45) is 4.21. The predicted octanol–water partition coefficient (Wildman–Crippen LogP) is 0.957. The standard InChI is InChI=1S/C9H16NO/c1-10(2)7-3-4-8(10)6-9(11)5-7/h7-8H,3-6H2,1-2H3/q+1/t7-,8+. The summed E-state index contributed by atoms with van der Waals surface area (Å²) in [4.78, 5) is 11.2. The van der Waals surface area contributed by atoms with Crippen molar-refractivity contribution in [1.29, 1.82) is 0 Å². The minimum Gasteiger partial charge on any atom is -0.323 e. The minimum atomic E-state index is 0.495. The van der Waals surface area contributed by atoms with Gasteiger partial charge in [-0.05, 0) is 0 Å². The van der Waals surface area contributed by atoms with Crippen molar-refractivity contribution >= 4 is 5.78 Å². The van der Waals surface area contributed by atoms with Gasteiger partial charge in [0.2, 0.25) is 0 Å². The summed E-state index contributed by atoms with van der Waals surface area (Å²) in [6.45, 7) is 0. The first-order valence-corrected chi connectivity index (χ1v) is 4.46. The Kier molecular flexibility index (Phi) is 1.37. The lowest BCUT2D eigenvalue weighted by Gasteiger charge is -2.40. The number of quaternary nitrogens is 1. The Bertz CT molecular complexity index is 180. The molecule has 0 spiro atoms. The van der Waals surface area contributed by atoms with Gasteiger partial charge in [0, 0.05) is 12.8 Å². The van der Waals surface area contributed by atoms with Crippen molar-refractivity contribution < 1.29 is 9.28 Å². The smallest absolute Gasteiger partial charge is 0.144 e. The Morgan fingerprint density at radius 2 is 1.64 bits per heavy atom. The third-order valence-corrected chi connectivity index (χ3v) is 3.64. The third kappa shape index (κ3) is 0.924. The summed E-state index contributed by atoms with van der Waals surface area (Å²) >= 11 is 0. The molecule has 2 nitrogen and oxygen atoms in total. The van der Waals surface area contributed by atoms with E-state index in [0.717, 1.165) is 17.3 Å². The average Bonchev–Trinajstić information content (AvgIpc) is 2.19. The maximum Gasteiger partial charge on any atom is 0.144 e. The predicted molar refractivity (Wildman–Crippen MR) is 43.2 cm³/mol. The second-order valence-electron chi connectivity index (χ2n) is 4.46. The number of hydrogen-bond acceptors (Lipinski definition) is 1. The molecular formula is C9H16NO+. The van der Waals surface area contributed by atoms with E-state index >= 15 is 0 Å². The highest BCUT2D eigenvalue weighted by molar-refractivity contribution is 5.80. The van der Waals surface area contributed by atoms with Crippen molar-refractivity contribution in [2.75, 3.05) is 14.1 Å². The molecule has 0 saturated carbocycles. The molecule has 2 atom stereocenters. The van der Waals surface area contributed by atoms with Crippen LogP contribution < -0.4 is 0 Å². The number of hydrogen-bond donors (Lipinski definition) is 0. The summed E-state index contributed by atoms with van der Waals surface area (Å²) in [7, 11) is 4.55. The van der Waals surface area contributed by atoms with E-state index in [1.807, 2.05) is 0 Å². The van der Waals surface area contributed by atoms with E-state index in [-0.39, 0.29) is 0 Å². The van der Waals surface area contributed by atoms with E-state index in [1.165, 1.54) is 12.8 Å². The van der Waals surface area contributed by atoms with Gasteiger partial charge in [-0.2, -0.15) is 0 Å². The van der Waals surface area contributed by atoms with Crippen LogP contribution in [-0.2, 0) is 4.79 Å². The summed E-state index contributed by atoms with van der Waals surface area (Å²) < 4.78 is 1.10. The lowest BCUT2D eigenvalue weighted by molar-refractivity contribution is -0.926. The molecule has 0 aromatic rings. The highest BCUT2D eigenvalue weighted by atomic mass is 16.1. The van der Waals surface area contributed by atoms with Crippen LogP contribution in [0.2, 0.25) is 0 Å². The Balaban J connectivity index is 2.25. The molecule has 0 unspecified atom stereocenters. The van der Waals surface area contributed by atoms with E-state index in [2.05, 4.69) is 14.1 Å². The molecular weight excluding hydrogens is 138 g/mol. The van der Waals surface area contributed by atoms with Gasteiger partial charge >= 0.3 is 0 Å². The van der Waals surface area contributed by atoms with Crippen molar-refractivity contribution in [2.24, 2.45) is 0 Å². The van der Waals surface area contributed by atoms with E-state index in [4.69, 9.17) is 0 Å². The lowest BCUT2D eigenvalue weighted by atomic mass is 10.00. The first-order chi connectivity index (χ1) is 5.10.